The molecule has 0 amide bonds. The summed E-state index contributed by atoms with van der Waals surface area (Å²) in [4.78, 5) is 4.01. The van der Waals surface area contributed by atoms with Crippen LogP contribution in [0, 0.1) is 0 Å². The third-order valence-corrected chi connectivity index (χ3v) is 1.50. The zero-order valence-electron chi connectivity index (χ0n) is 5.04. The van der Waals surface area contributed by atoms with E-state index in [1.807, 2.05) is 12.3 Å². The van der Waals surface area contributed by atoms with Gasteiger partial charge in [0.2, 0.25) is 0 Å². The third-order valence-electron chi connectivity index (χ3n) is 1.50. The van der Waals surface area contributed by atoms with E-state index >= 15 is 0 Å². The fraction of sp³-hybridized carbons (Fsp3) is 0.286. The first-order valence-electron chi connectivity index (χ1n) is 3.10. The number of nitrogens with zero attached hydrogens (tertiary/aromatic N) is 1. The molecule has 0 unspecified atom stereocenters. The Morgan fingerprint density at radius 2 is 2.56 bits per heavy atom. The maximum absolute atomic E-state index is 4.01. The van der Waals surface area contributed by atoms with Crippen molar-refractivity contribution in [1.29, 1.82) is 0 Å². The maximum Gasteiger partial charge on any atom is 0.0462 e. The van der Waals surface area contributed by atoms with Crippen LogP contribution in [-0.2, 0) is 0 Å². The van der Waals surface area contributed by atoms with Crippen LogP contribution < -0.4 is 5.32 Å². The molecule has 1 aromatic rings. The topological polar surface area (TPSA) is 34.8 Å². The molecule has 0 aromatic carbocycles. The van der Waals surface area contributed by atoms with E-state index in [-0.39, 0.29) is 0 Å². The molecule has 9 heavy (non-hydrogen) atoms. The molecule has 0 saturated carbocycles. The van der Waals surface area contributed by atoms with Crippen LogP contribution in [0.25, 0.3) is 0 Å². The van der Waals surface area contributed by atoms with Gasteiger partial charge in [0.1, 0.15) is 0 Å². The minimum absolute atomic E-state index is 0.596. The van der Waals surface area contributed by atoms with Crippen molar-refractivity contribution in [3.63, 3.8) is 0 Å². The summed E-state index contributed by atoms with van der Waals surface area (Å²) in [6.45, 7) is 1.12. The third kappa shape index (κ3) is 0.933. The summed E-state index contributed by atoms with van der Waals surface area (Å²) in [5.41, 5.74) is 1.30. The number of nitrogens with one attached hydrogen (secondary N) is 1. The van der Waals surface area contributed by atoms with Crippen LogP contribution >= 0.6 is 0 Å². The molecule has 1 atom stereocenters. The van der Waals surface area contributed by atoms with E-state index in [0.717, 1.165) is 6.54 Å². The van der Waals surface area contributed by atoms with Gasteiger partial charge in [-0.1, -0.05) is 6.07 Å². The largest absolute Gasteiger partial charge is 0.307 e. The number of aromatic nitrogens is 1. The normalized spacial score (nSPS) is 23.8. The Kier molecular flexibility index (Phi) is 0.993. The van der Waals surface area contributed by atoms with E-state index in [4.69, 9.17) is 0 Å². The fourth-order valence-electron chi connectivity index (χ4n) is 0.877. The summed E-state index contributed by atoms with van der Waals surface area (Å²) in [5.74, 6) is 0. The van der Waals surface area contributed by atoms with Gasteiger partial charge in [0.25, 0.3) is 0 Å². The first-order valence-corrected chi connectivity index (χ1v) is 3.10. The number of hydrogen-bond donors (Lipinski definition) is 1. The summed E-state index contributed by atoms with van der Waals surface area (Å²) in [6, 6.07) is 4.66. The Bertz CT molecular complexity index is 191. The summed E-state index contributed by atoms with van der Waals surface area (Å²) in [5, 5.41) is 3.21. The van der Waals surface area contributed by atoms with E-state index in [0.29, 0.717) is 6.04 Å². The summed E-state index contributed by atoms with van der Waals surface area (Å²) >= 11 is 0. The summed E-state index contributed by atoms with van der Waals surface area (Å²) < 4.78 is 0. The van der Waals surface area contributed by atoms with E-state index < -0.39 is 0 Å². The molecule has 0 aliphatic carbocycles. The molecule has 2 nitrogen and oxygen atoms in total. The first-order chi connectivity index (χ1) is 4.47. The quantitative estimate of drug-likeness (QED) is 0.554. The number of pyridine rings is 1. The van der Waals surface area contributed by atoms with E-state index in [9.17, 15) is 0 Å². The molecule has 0 bridgehead atoms. The molecule has 2 heterocycles. The van der Waals surface area contributed by atoms with Crippen LogP contribution in [-0.4, -0.2) is 11.5 Å². The van der Waals surface area contributed by atoms with Gasteiger partial charge in [-0.3, -0.25) is 4.98 Å². The Labute approximate surface area is 53.9 Å². The fourth-order valence-corrected chi connectivity index (χ4v) is 0.877. The molecule has 2 heteroatoms. The van der Waals surface area contributed by atoms with Gasteiger partial charge >= 0.3 is 0 Å². The highest BCUT2D eigenvalue weighted by Gasteiger charge is 2.21. The minimum Gasteiger partial charge on any atom is -0.307 e. The molecule has 1 aromatic heterocycles. The highest BCUT2D eigenvalue weighted by atomic mass is 15.1. The second kappa shape index (κ2) is 1.81. The molecule has 1 saturated heterocycles. The monoisotopic (exact) mass is 120 g/mol. The van der Waals surface area contributed by atoms with E-state index in [1.165, 1.54) is 5.56 Å². The lowest BCUT2D eigenvalue weighted by molar-refractivity contribution is 1.05. The lowest BCUT2D eigenvalue weighted by Crippen LogP contribution is -1.83. The van der Waals surface area contributed by atoms with Crippen LogP contribution in [0.2, 0.25) is 0 Å². The van der Waals surface area contributed by atoms with Crippen molar-refractivity contribution < 1.29 is 0 Å². The Balaban J connectivity index is 2.29. The van der Waals surface area contributed by atoms with Crippen molar-refractivity contribution in [3.8, 4) is 0 Å². The van der Waals surface area contributed by atoms with Gasteiger partial charge in [0.15, 0.2) is 0 Å². The molecule has 2 rings (SSSR count). The Morgan fingerprint density at radius 3 is 3.11 bits per heavy atom. The average molecular weight is 120 g/mol. The van der Waals surface area contributed by atoms with Crippen molar-refractivity contribution in [2.24, 2.45) is 0 Å². The first kappa shape index (κ1) is 4.94. The van der Waals surface area contributed by atoms with Crippen LogP contribution in [0.4, 0.5) is 0 Å². The van der Waals surface area contributed by atoms with Gasteiger partial charge in [-0.25, -0.2) is 0 Å². The zero-order valence-corrected chi connectivity index (χ0v) is 5.04. The zero-order chi connectivity index (χ0) is 6.10. The molecule has 1 N–H and O–H groups in total. The molecular weight excluding hydrogens is 112 g/mol. The van der Waals surface area contributed by atoms with Crippen LogP contribution in [0.15, 0.2) is 24.5 Å². The van der Waals surface area contributed by atoms with Crippen LogP contribution in [0.3, 0.4) is 0 Å². The van der Waals surface area contributed by atoms with E-state index in [2.05, 4.69) is 16.4 Å². The van der Waals surface area contributed by atoms with Crippen molar-refractivity contribution in [1.82, 2.24) is 10.3 Å². The Morgan fingerprint density at radius 1 is 1.67 bits per heavy atom. The average Bonchev–Trinajstić information content (AvgIpc) is 2.71. The molecule has 1 fully saturated rings. The molecule has 1 aliphatic heterocycles. The highest BCUT2D eigenvalue weighted by Crippen LogP contribution is 2.18. The molecule has 46 valence electrons. The van der Waals surface area contributed by atoms with Crippen LogP contribution in [0.5, 0.6) is 0 Å². The summed E-state index contributed by atoms with van der Waals surface area (Å²) in [7, 11) is 0. The number of rotatable bonds is 1. The standard InChI is InChI=1S/C7H8N2/c1-2-6(4-8-3-1)7-5-9-7/h1-4,7,9H,5H2/t7-/m1/s1. The number of hydrogen-bond acceptors (Lipinski definition) is 2. The van der Waals surface area contributed by atoms with E-state index in [1.54, 1.807) is 6.20 Å². The van der Waals surface area contributed by atoms with Crippen molar-refractivity contribution in [3.05, 3.63) is 30.1 Å². The molecular formula is C7H8N2. The lowest BCUT2D eigenvalue weighted by atomic mass is 10.2. The van der Waals surface area contributed by atoms with Crippen molar-refractivity contribution >= 4 is 0 Å². The predicted octanol–water partition coefficient (Wildman–Crippen LogP) is 0.726. The maximum atomic E-state index is 4.01. The highest BCUT2D eigenvalue weighted by molar-refractivity contribution is 5.18. The smallest absolute Gasteiger partial charge is 0.0462 e. The Hall–Kier alpha value is -0.890. The summed E-state index contributed by atoms with van der Waals surface area (Å²) in [6.07, 6.45) is 3.70. The second-order valence-corrected chi connectivity index (χ2v) is 2.25. The van der Waals surface area contributed by atoms with Crippen LogP contribution in [0.1, 0.15) is 11.6 Å². The van der Waals surface area contributed by atoms with Gasteiger partial charge < -0.3 is 5.32 Å². The predicted molar refractivity (Wildman–Crippen MR) is 35.0 cm³/mol. The van der Waals surface area contributed by atoms with Crippen molar-refractivity contribution in [2.45, 2.75) is 6.04 Å². The lowest BCUT2D eigenvalue weighted by Gasteiger charge is -1.90. The minimum atomic E-state index is 0.596. The molecule has 0 spiro atoms. The molecule has 0 radical (unpaired) electrons. The van der Waals surface area contributed by atoms with Gasteiger partial charge in [-0.15, -0.1) is 0 Å². The SMILES string of the molecule is c1cncc([C@H]2CN2)c1. The van der Waals surface area contributed by atoms with Gasteiger partial charge in [0.05, 0.1) is 0 Å². The van der Waals surface area contributed by atoms with Gasteiger partial charge in [-0.05, 0) is 11.6 Å². The van der Waals surface area contributed by atoms with Crippen molar-refractivity contribution in [2.75, 3.05) is 6.54 Å². The van der Waals surface area contributed by atoms with Gasteiger partial charge in [0, 0.05) is 25.0 Å². The molecule has 1 aliphatic rings. The second-order valence-electron chi connectivity index (χ2n) is 2.25. The van der Waals surface area contributed by atoms with Gasteiger partial charge in [-0.2, -0.15) is 0 Å².